The average molecular weight is 252 g/mol. The molecule has 0 spiro atoms. The van der Waals surface area contributed by atoms with Crippen molar-refractivity contribution in [3.63, 3.8) is 0 Å². The molecular weight excluding hydrogens is 235 g/mol. The number of piperidine rings is 1. The van der Waals surface area contributed by atoms with Gasteiger partial charge < -0.3 is 10.8 Å². The van der Waals surface area contributed by atoms with Gasteiger partial charge in [0.15, 0.2) is 0 Å². The second-order valence-electron chi connectivity index (χ2n) is 4.77. The van der Waals surface area contributed by atoms with E-state index < -0.39 is 11.8 Å². The third kappa shape index (κ3) is 2.98. The molecular formula is C13H17FN2O2. The van der Waals surface area contributed by atoms with Crippen LogP contribution in [-0.2, 0) is 11.3 Å². The van der Waals surface area contributed by atoms with Gasteiger partial charge in [0, 0.05) is 13.1 Å². The molecule has 18 heavy (non-hydrogen) atoms. The van der Waals surface area contributed by atoms with Crippen molar-refractivity contribution in [3.8, 4) is 0 Å². The summed E-state index contributed by atoms with van der Waals surface area (Å²) in [5.74, 6) is -1.47. The molecule has 1 atom stereocenters. The summed E-state index contributed by atoms with van der Waals surface area (Å²) in [6.07, 6.45) is 1.59. The largest absolute Gasteiger partial charge is 0.481 e. The number of hydrogen-bond acceptors (Lipinski definition) is 3. The Morgan fingerprint density at radius 1 is 1.56 bits per heavy atom. The van der Waals surface area contributed by atoms with Gasteiger partial charge in [-0.05, 0) is 37.1 Å². The summed E-state index contributed by atoms with van der Waals surface area (Å²) in [6.45, 7) is 1.96. The highest BCUT2D eigenvalue weighted by molar-refractivity contribution is 5.70. The fourth-order valence-corrected chi connectivity index (χ4v) is 2.33. The van der Waals surface area contributed by atoms with Gasteiger partial charge in [0.05, 0.1) is 11.6 Å². The molecule has 0 aromatic heterocycles. The van der Waals surface area contributed by atoms with Crippen LogP contribution in [0.4, 0.5) is 10.1 Å². The fourth-order valence-electron chi connectivity index (χ4n) is 2.33. The topological polar surface area (TPSA) is 66.6 Å². The number of hydrogen-bond donors (Lipinski definition) is 2. The van der Waals surface area contributed by atoms with Crippen molar-refractivity contribution in [1.29, 1.82) is 0 Å². The lowest BCUT2D eigenvalue weighted by atomic mass is 9.98. The molecule has 4 nitrogen and oxygen atoms in total. The summed E-state index contributed by atoms with van der Waals surface area (Å²) in [6, 6.07) is 4.74. The zero-order valence-electron chi connectivity index (χ0n) is 10.1. The lowest BCUT2D eigenvalue weighted by molar-refractivity contribution is -0.143. The number of rotatable bonds is 3. The SMILES string of the molecule is Nc1ccc(CN2CCCC(C(=O)O)C2)cc1F. The summed E-state index contributed by atoms with van der Waals surface area (Å²) >= 11 is 0. The van der Waals surface area contributed by atoms with E-state index in [1.807, 2.05) is 4.90 Å². The Balaban J connectivity index is 2.00. The van der Waals surface area contributed by atoms with E-state index in [9.17, 15) is 9.18 Å². The van der Waals surface area contributed by atoms with Gasteiger partial charge in [-0.3, -0.25) is 9.69 Å². The molecule has 2 rings (SSSR count). The molecule has 0 radical (unpaired) electrons. The fraction of sp³-hybridized carbons (Fsp3) is 0.462. The predicted molar refractivity (Wildman–Crippen MR) is 66.4 cm³/mol. The Labute approximate surface area is 105 Å². The van der Waals surface area contributed by atoms with E-state index >= 15 is 0 Å². The summed E-state index contributed by atoms with van der Waals surface area (Å²) in [7, 11) is 0. The smallest absolute Gasteiger partial charge is 0.307 e. The van der Waals surface area contributed by atoms with E-state index in [-0.39, 0.29) is 11.6 Å². The maximum absolute atomic E-state index is 13.3. The first-order valence-electron chi connectivity index (χ1n) is 6.05. The van der Waals surface area contributed by atoms with Gasteiger partial charge in [-0.2, -0.15) is 0 Å². The van der Waals surface area contributed by atoms with E-state index in [1.54, 1.807) is 12.1 Å². The monoisotopic (exact) mass is 252 g/mol. The minimum absolute atomic E-state index is 0.140. The van der Waals surface area contributed by atoms with Crippen molar-refractivity contribution in [2.24, 2.45) is 5.92 Å². The molecule has 1 saturated heterocycles. The van der Waals surface area contributed by atoms with Crippen molar-refractivity contribution in [2.45, 2.75) is 19.4 Å². The lowest BCUT2D eigenvalue weighted by Crippen LogP contribution is -2.38. The van der Waals surface area contributed by atoms with Crippen LogP contribution in [0.15, 0.2) is 18.2 Å². The van der Waals surface area contributed by atoms with Crippen molar-refractivity contribution in [1.82, 2.24) is 4.90 Å². The summed E-state index contributed by atoms with van der Waals surface area (Å²) in [5.41, 5.74) is 6.38. The van der Waals surface area contributed by atoms with Gasteiger partial charge >= 0.3 is 5.97 Å². The number of carbonyl (C=O) groups is 1. The normalized spacial score (nSPS) is 20.8. The van der Waals surface area contributed by atoms with Crippen LogP contribution in [0.1, 0.15) is 18.4 Å². The van der Waals surface area contributed by atoms with Crippen LogP contribution < -0.4 is 5.73 Å². The lowest BCUT2D eigenvalue weighted by Gasteiger charge is -2.30. The number of benzene rings is 1. The summed E-state index contributed by atoms with van der Waals surface area (Å²) in [4.78, 5) is 13.0. The van der Waals surface area contributed by atoms with Crippen LogP contribution in [0, 0.1) is 11.7 Å². The Kier molecular flexibility index (Phi) is 3.81. The second-order valence-corrected chi connectivity index (χ2v) is 4.77. The maximum atomic E-state index is 13.3. The van der Waals surface area contributed by atoms with E-state index in [0.717, 1.165) is 24.9 Å². The second kappa shape index (κ2) is 5.35. The number of carboxylic acids is 1. The predicted octanol–water partition coefficient (Wildman–Crippen LogP) is 1.70. The third-order valence-electron chi connectivity index (χ3n) is 3.33. The average Bonchev–Trinajstić information content (AvgIpc) is 2.34. The highest BCUT2D eigenvalue weighted by atomic mass is 19.1. The molecule has 1 heterocycles. The van der Waals surface area contributed by atoms with Crippen molar-refractivity contribution >= 4 is 11.7 Å². The summed E-state index contributed by atoms with van der Waals surface area (Å²) in [5, 5.41) is 9.00. The molecule has 0 saturated carbocycles. The van der Waals surface area contributed by atoms with Gasteiger partial charge in [-0.25, -0.2) is 4.39 Å². The number of anilines is 1. The minimum Gasteiger partial charge on any atom is -0.481 e. The van der Waals surface area contributed by atoms with E-state index in [4.69, 9.17) is 10.8 Å². The van der Waals surface area contributed by atoms with Gasteiger partial charge in [0.25, 0.3) is 0 Å². The number of nitrogens with zero attached hydrogens (tertiary/aromatic N) is 1. The Bertz CT molecular complexity index is 451. The van der Waals surface area contributed by atoms with Crippen LogP contribution in [0.2, 0.25) is 0 Å². The van der Waals surface area contributed by atoms with Gasteiger partial charge in [-0.1, -0.05) is 6.07 Å². The molecule has 0 bridgehead atoms. The quantitative estimate of drug-likeness (QED) is 0.804. The molecule has 1 fully saturated rings. The first-order chi connectivity index (χ1) is 8.56. The van der Waals surface area contributed by atoms with Crippen molar-refractivity contribution in [2.75, 3.05) is 18.8 Å². The Hall–Kier alpha value is -1.62. The Morgan fingerprint density at radius 2 is 2.33 bits per heavy atom. The number of aliphatic carboxylic acids is 1. The van der Waals surface area contributed by atoms with Crippen LogP contribution in [0.25, 0.3) is 0 Å². The highest BCUT2D eigenvalue weighted by Crippen LogP contribution is 2.20. The maximum Gasteiger partial charge on any atom is 0.307 e. The first kappa shape index (κ1) is 12.8. The van der Waals surface area contributed by atoms with Crippen molar-refractivity contribution in [3.05, 3.63) is 29.6 Å². The van der Waals surface area contributed by atoms with Crippen LogP contribution in [0.5, 0.6) is 0 Å². The van der Waals surface area contributed by atoms with Crippen LogP contribution >= 0.6 is 0 Å². The first-order valence-corrected chi connectivity index (χ1v) is 6.05. The molecule has 98 valence electrons. The molecule has 0 aliphatic carbocycles. The third-order valence-corrected chi connectivity index (χ3v) is 3.33. The van der Waals surface area contributed by atoms with E-state index in [0.29, 0.717) is 13.1 Å². The van der Waals surface area contributed by atoms with E-state index in [1.165, 1.54) is 6.07 Å². The molecule has 0 amide bonds. The number of carboxylic acid groups (broad SMARTS) is 1. The number of nitrogen functional groups attached to an aromatic ring is 1. The zero-order chi connectivity index (χ0) is 13.1. The molecule has 1 aromatic rings. The van der Waals surface area contributed by atoms with Gasteiger partial charge in [0.1, 0.15) is 5.82 Å². The van der Waals surface area contributed by atoms with Crippen molar-refractivity contribution < 1.29 is 14.3 Å². The standard InChI is InChI=1S/C13H17FN2O2/c14-11-6-9(3-4-12(11)15)7-16-5-1-2-10(8-16)13(17)18/h3-4,6,10H,1-2,5,7-8,15H2,(H,17,18). The minimum atomic E-state index is -0.747. The molecule has 1 aromatic carbocycles. The highest BCUT2D eigenvalue weighted by Gasteiger charge is 2.25. The van der Waals surface area contributed by atoms with Crippen LogP contribution in [0.3, 0.4) is 0 Å². The molecule has 1 aliphatic heterocycles. The molecule has 1 aliphatic rings. The Morgan fingerprint density at radius 3 is 3.00 bits per heavy atom. The number of likely N-dealkylation sites (tertiary alicyclic amines) is 1. The van der Waals surface area contributed by atoms with Crippen LogP contribution in [-0.4, -0.2) is 29.1 Å². The van der Waals surface area contributed by atoms with E-state index in [2.05, 4.69) is 0 Å². The number of halogens is 1. The van der Waals surface area contributed by atoms with Gasteiger partial charge in [0.2, 0.25) is 0 Å². The zero-order valence-corrected chi connectivity index (χ0v) is 10.1. The number of nitrogens with two attached hydrogens (primary N) is 1. The van der Waals surface area contributed by atoms with Gasteiger partial charge in [-0.15, -0.1) is 0 Å². The molecule has 3 N–H and O–H groups in total. The molecule has 5 heteroatoms. The summed E-state index contributed by atoms with van der Waals surface area (Å²) < 4.78 is 13.3. The molecule has 1 unspecified atom stereocenters.